The number of rotatable bonds is 9. The molecule has 0 atom stereocenters. The molecule has 4 heteroatoms. The van der Waals surface area contributed by atoms with Crippen molar-refractivity contribution in [1.29, 1.82) is 0 Å². The summed E-state index contributed by atoms with van der Waals surface area (Å²) in [5, 5.41) is 3.08. The highest BCUT2D eigenvalue weighted by Crippen LogP contribution is 2.25. The van der Waals surface area contributed by atoms with Crippen LogP contribution < -0.4 is 5.32 Å². The minimum Gasteiger partial charge on any atom is -0.356 e. The third-order valence-electron chi connectivity index (χ3n) is 6.95. The molecule has 1 N–H and O–H groups in total. The Balaban J connectivity index is 1.43. The summed E-state index contributed by atoms with van der Waals surface area (Å²) >= 11 is 0. The van der Waals surface area contributed by atoms with Gasteiger partial charge in [0.05, 0.1) is 11.0 Å². The normalized spacial score (nSPS) is 11.2. The van der Waals surface area contributed by atoms with Crippen LogP contribution in [0, 0.1) is 27.7 Å². The maximum absolute atomic E-state index is 12.3. The number of hydrogen-bond acceptors (Lipinski definition) is 2. The zero-order valence-corrected chi connectivity index (χ0v) is 20.8. The molecule has 0 fully saturated rings. The molecule has 0 radical (unpaired) electrons. The summed E-state index contributed by atoms with van der Waals surface area (Å²) in [5.41, 5.74) is 10.2. The summed E-state index contributed by atoms with van der Waals surface area (Å²) in [7, 11) is 0. The van der Waals surface area contributed by atoms with Crippen molar-refractivity contribution < 1.29 is 4.79 Å². The molecule has 1 heterocycles. The molecule has 0 spiro atoms. The number of carbonyl (C=O) groups excluding carboxylic acids is 1. The second kappa shape index (κ2) is 10.7. The van der Waals surface area contributed by atoms with Crippen molar-refractivity contribution in [3.63, 3.8) is 0 Å². The molecule has 0 aliphatic rings. The van der Waals surface area contributed by atoms with E-state index < -0.39 is 0 Å². The van der Waals surface area contributed by atoms with Crippen LogP contribution >= 0.6 is 0 Å². The molecule has 176 valence electrons. The molecule has 4 rings (SSSR count). The first-order valence-corrected chi connectivity index (χ1v) is 12.2. The van der Waals surface area contributed by atoms with E-state index in [-0.39, 0.29) is 5.91 Å². The Kier molecular flexibility index (Phi) is 7.46. The van der Waals surface area contributed by atoms with Crippen molar-refractivity contribution in [2.24, 2.45) is 0 Å². The van der Waals surface area contributed by atoms with E-state index in [1.165, 1.54) is 38.9 Å². The number of hydrogen-bond donors (Lipinski definition) is 1. The Morgan fingerprint density at radius 1 is 0.882 bits per heavy atom. The number of aryl methyl sites for hydroxylation is 4. The first-order valence-electron chi connectivity index (χ1n) is 12.2. The monoisotopic (exact) mass is 453 g/mol. The van der Waals surface area contributed by atoms with E-state index in [0.29, 0.717) is 13.0 Å². The Bertz CT molecular complexity index is 1260. The first kappa shape index (κ1) is 23.7. The summed E-state index contributed by atoms with van der Waals surface area (Å²) in [6.45, 7) is 10.3. The smallest absolute Gasteiger partial charge is 0.220 e. The van der Waals surface area contributed by atoms with Gasteiger partial charge in [-0.3, -0.25) is 4.79 Å². The Morgan fingerprint density at radius 3 is 2.29 bits per heavy atom. The van der Waals surface area contributed by atoms with Gasteiger partial charge in [-0.2, -0.15) is 0 Å². The van der Waals surface area contributed by atoms with E-state index in [0.717, 1.165) is 37.1 Å². The maximum Gasteiger partial charge on any atom is 0.220 e. The van der Waals surface area contributed by atoms with Gasteiger partial charge in [-0.15, -0.1) is 0 Å². The SMILES string of the molecule is Cc1cc(C)c(C)c(Cn2c(CCCNC(=O)CCc3ccccc3)nc3ccccc32)c1C. The van der Waals surface area contributed by atoms with Crippen molar-refractivity contribution in [3.05, 3.63) is 99.9 Å². The van der Waals surface area contributed by atoms with Gasteiger partial charge in [0.15, 0.2) is 0 Å². The van der Waals surface area contributed by atoms with Gasteiger partial charge in [0, 0.05) is 25.9 Å². The molecule has 0 bridgehead atoms. The number of carbonyl (C=O) groups is 1. The van der Waals surface area contributed by atoms with E-state index in [4.69, 9.17) is 4.98 Å². The van der Waals surface area contributed by atoms with Crippen molar-refractivity contribution >= 4 is 16.9 Å². The van der Waals surface area contributed by atoms with Gasteiger partial charge in [0.2, 0.25) is 5.91 Å². The van der Waals surface area contributed by atoms with E-state index in [1.54, 1.807) is 0 Å². The van der Waals surface area contributed by atoms with Gasteiger partial charge < -0.3 is 9.88 Å². The highest BCUT2D eigenvalue weighted by molar-refractivity contribution is 5.76. The average Bonchev–Trinajstić information content (AvgIpc) is 3.19. The minimum absolute atomic E-state index is 0.110. The minimum atomic E-state index is 0.110. The highest BCUT2D eigenvalue weighted by atomic mass is 16.1. The predicted octanol–water partition coefficient (Wildman–Crippen LogP) is 6.00. The van der Waals surface area contributed by atoms with E-state index in [9.17, 15) is 4.79 Å². The van der Waals surface area contributed by atoms with Crippen LogP contribution in [-0.2, 0) is 24.2 Å². The zero-order valence-electron chi connectivity index (χ0n) is 20.8. The molecule has 0 aliphatic heterocycles. The molecule has 3 aromatic carbocycles. The largest absolute Gasteiger partial charge is 0.356 e. The standard InChI is InChI=1S/C30H35N3O/c1-21-19-22(2)24(4)26(23(21)3)20-33-28-14-9-8-13-27(28)32-29(33)15-10-18-31-30(34)17-16-25-11-6-5-7-12-25/h5-9,11-14,19H,10,15-18,20H2,1-4H3,(H,31,34). The molecule has 1 aromatic heterocycles. The van der Waals surface area contributed by atoms with Gasteiger partial charge in [0.1, 0.15) is 5.82 Å². The van der Waals surface area contributed by atoms with Crippen LogP contribution in [0.1, 0.15) is 52.0 Å². The molecule has 0 saturated carbocycles. The van der Waals surface area contributed by atoms with Crippen LogP contribution in [0.2, 0.25) is 0 Å². The van der Waals surface area contributed by atoms with E-state index in [1.807, 2.05) is 24.3 Å². The van der Waals surface area contributed by atoms with Crippen LogP contribution in [0.25, 0.3) is 11.0 Å². The van der Waals surface area contributed by atoms with Crippen molar-refractivity contribution in [3.8, 4) is 0 Å². The fourth-order valence-electron chi connectivity index (χ4n) is 4.65. The van der Waals surface area contributed by atoms with Crippen LogP contribution in [-0.4, -0.2) is 22.0 Å². The molecular formula is C30H35N3O. The number of imidazole rings is 1. The summed E-state index contributed by atoms with van der Waals surface area (Å²) in [5.74, 6) is 1.19. The lowest BCUT2D eigenvalue weighted by Gasteiger charge is -2.18. The van der Waals surface area contributed by atoms with Crippen LogP contribution in [0.4, 0.5) is 0 Å². The molecule has 1 amide bonds. The fourth-order valence-corrected chi connectivity index (χ4v) is 4.65. The number of nitrogens with one attached hydrogen (secondary N) is 1. The summed E-state index contributed by atoms with van der Waals surface area (Å²) < 4.78 is 2.36. The van der Waals surface area contributed by atoms with Crippen LogP contribution in [0.15, 0.2) is 60.7 Å². The topological polar surface area (TPSA) is 46.9 Å². The Labute approximate surface area is 203 Å². The molecule has 0 unspecified atom stereocenters. The van der Waals surface area contributed by atoms with Crippen LogP contribution in [0.3, 0.4) is 0 Å². The summed E-state index contributed by atoms with van der Waals surface area (Å²) in [4.78, 5) is 17.2. The second-order valence-electron chi connectivity index (χ2n) is 9.28. The quantitative estimate of drug-likeness (QED) is 0.316. The third-order valence-corrected chi connectivity index (χ3v) is 6.95. The summed E-state index contributed by atoms with van der Waals surface area (Å²) in [6, 6.07) is 20.8. The lowest BCUT2D eigenvalue weighted by atomic mass is 9.94. The predicted molar refractivity (Wildman–Crippen MR) is 140 cm³/mol. The number of fused-ring (bicyclic) bond motifs is 1. The molecule has 0 saturated heterocycles. The lowest BCUT2D eigenvalue weighted by molar-refractivity contribution is -0.121. The number of amides is 1. The second-order valence-corrected chi connectivity index (χ2v) is 9.28. The van der Waals surface area contributed by atoms with Crippen LogP contribution in [0.5, 0.6) is 0 Å². The molecule has 34 heavy (non-hydrogen) atoms. The molecule has 4 nitrogen and oxygen atoms in total. The highest BCUT2D eigenvalue weighted by Gasteiger charge is 2.15. The number of benzene rings is 3. The zero-order chi connectivity index (χ0) is 24.1. The Morgan fingerprint density at radius 2 is 1.56 bits per heavy atom. The fraction of sp³-hybridized carbons (Fsp3) is 0.333. The molecule has 0 aliphatic carbocycles. The number of aromatic nitrogens is 2. The summed E-state index contributed by atoms with van der Waals surface area (Å²) in [6.07, 6.45) is 2.99. The van der Waals surface area contributed by atoms with Crippen molar-refractivity contribution in [2.75, 3.05) is 6.54 Å². The molecular weight excluding hydrogens is 418 g/mol. The average molecular weight is 454 g/mol. The molecule has 4 aromatic rings. The van der Waals surface area contributed by atoms with Crippen molar-refractivity contribution in [2.45, 2.75) is 59.9 Å². The number of nitrogens with zero attached hydrogens (tertiary/aromatic N) is 2. The van der Waals surface area contributed by atoms with Gasteiger partial charge in [-0.1, -0.05) is 48.5 Å². The Hall–Kier alpha value is -3.40. The van der Waals surface area contributed by atoms with E-state index >= 15 is 0 Å². The lowest BCUT2D eigenvalue weighted by Crippen LogP contribution is -2.25. The van der Waals surface area contributed by atoms with Gasteiger partial charge >= 0.3 is 0 Å². The maximum atomic E-state index is 12.3. The van der Waals surface area contributed by atoms with E-state index in [2.05, 4.69) is 74.0 Å². The first-order chi connectivity index (χ1) is 16.4. The van der Waals surface area contributed by atoms with Gasteiger partial charge in [-0.05, 0) is 86.1 Å². The van der Waals surface area contributed by atoms with Gasteiger partial charge in [0.25, 0.3) is 0 Å². The van der Waals surface area contributed by atoms with Crippen molar-refractivity contribution in [1.82, 2.24) is 14.9 Å². The number of para-hydroxylation sites is 2. The third kappa shape index (κ3) is 5.39. The van der Waals surface area contributed by atoms with Gasteiger partial charge in [-0.25, -0.2) is 4.98 Å².